The fourth-order valence-corrected chi connectivity index (χ4v) is 2.06. The van der Waals surface area contributed by atoms with Crippen LogP contribution in [0.5, 0.6) is 0 Å². The van der Waals surface area contributed by atoms with Gasteiger partial charge in [-0.3, -0.25) is 9.36 Å². The van der Waals surface area contributed by atoms with Gasteiger partial charge in [0, 0.05) is 5.69 Å². The van der Waals surface area contributed by atoms with Crippen molar-refractivity contribution in [2.75, 3.05) is 0 Å². The molecular formula is C11H11N3O2S. The van der Waals surface area contributed by atoms with Crippen molar-refractivity contribution in [3.05, 3.63) is 36.7 Å². The highest BCUT2D eigenvalue weighted by atomic mass is 32.2. The van der Waals surface area contributed by atoms with Gasteiger partial charge in [-0.25, -0.2) is 0 Å². The summed E-state index contributed by atoms with van der Waals surface area (Å²) in [6, 6.07) is 9.56. The predicted octanol–water partition coefficient (Wildman–Crippen LogP) is 1.83. The molecule has 0 fully saturated rings. The Labute approximate surface area is 102 Å². The number of thioether (sulfide) groups is 1. The summed E-state index contributed by atoms with van der Waals surface area (Å²) in [6.07, 6.45) is 1.58. The highest BCUT2D eigenvalue weighted by Gasteiger charge is 2.16. The molecule has 1 heterocycles. The summed E-state index contributed by atoms with van der Waals surface area (Å²) in [6.45, 7) is 1.62. The van der Waals surface area contributed by atoms with Crippen LogP contribution in [0.3, 0.4) is 0 Å². The lowest BCUT2D eigenvalue weighted by Gasteiger charge is -2.07. The lowest BCUT2D eigenvalue weighted by molar-refractivity contribution is -0.136. The highest BCUT2D eigenvalue weighted by molar-refractivity contribution is 8.00. The van der Waals surface area contributed by atoms with Crippen LogP contribution < -0.4 is 0 Å². The fourth-order valence-electron chi connectivity index (χ4n) is 1.28. The first-order valence-corrected chi connectivity index (χ1v) is 5.91. The minimum atomic E-state index is -0.863. The molecule has 0 spiro atoms. The minimum absolute atomic E-state index is 0.554. The molecule has 0 aliphatic rings. The zero-order valence-corrected chi connectivity index (χ0v) is 9.96. The van der Waals surface area contributed by atoms with Crippen LogP contribution in [0.4, 0.5) is 0 Å². The van der Waals surface area contributed by atoms with Crippen LogP contribution in [0, 0.1) is 0 Å². The summed E-state index contributed by atoms with van der Waals surface area (Å²) >= 11 is 1.17. The molecule has 2 aromatic rings. The summed E-state index contributed by atoms with van der Waals surface area (Å²) in [7, 11) is 0. The molecule has 0 aliphatic carbocycles. The summed E-state index contributed by atoms with van der Waals surface area (Å²) in [5, 5.41) is 16.6. The van der Waals surface area contributed by atoms with E-state index in [4.69, 9.17) is 5.11 Å². The van der Waals surface area contributed by atoms with E-state index in [0.717, 1.165) is 5.69 Å². The van der Waals surface area contributed by atoms with E-state index < -0.39 is 11.2 Å². The molecule has 17 heavy (non-hydrogen) atoms. The number of carbonyl (C=O) groups is 1. The van der Waals surface area contributed by atoms with E-state index >= 15 is 0 Å². The first-order chi connectivity index (χ1) is 8.18. The number of benzene rings is 1. The maximum atomic E-state index is 10.8. The van der Waals surface area contributed by atoms with Gasteiger partial charge >= 0.3 is 5.97 Å². The zero-order chi connectivity index (χ0) is 12.3. The Kier molecular flexibility index (Phi) is 3.43. The Hall–Kier alpha value is -1.82. The van der Waals surface area contributed by atoms with E-state index in [1.165, 1.54) is 11.8 Å². The third-order valence-corrected chi connectivity index (χ3v) is 3.23. The second-order valence-corrected chi connectivity index (χ2v) is 4.73. The van der Waals surface area contributed by atoms with Gasteiger partial charge in [0.05, 0.1) is 0 Å². The van der Waals surface area contributed by atoms with Gasteiger partial charge in [0.1, 0.15) is 11.6 Å². The number of rotatable bonds is 4. The highest BCUT2D eigenvalue weighted by Crippen LogP contribution is 2.23. The van der Waals surface area contributed by atoms with Crippen molar-refractivity contribution >= 4 is 17.7 Å². The predicted molar refractivity (Wildman–Crippen MR) is 64.3 cm³/mol. The Bertz CT molecular complexity index is 512. The monoisotopic (exact) mass is 249 g/mol. The first-order valence-electron chi connectivity index (χ1n) is 5.03. The number of hydrogen-bond acceptors (Lipinski definition) is 4. The zero-order valence-electron chi connectivity index (χ0n) is 9.15. The van der Waals surface area contributed by atoms with Gasteiger partial charge in [-0.1, -0.05) is 30.0 Å². The smallest absolute Gasteiger partial charge is 0.316 e. The number of hydrogen-bond donors (Lipinski definition) is 1. The Morgan fingerprint density at radius 3 is 2.76 bits per heavy atom. The molecule has 0 radical (unpaired) electrons. The van der Waals surface area contributed by atoms with Gasteiger partial charge in [0.15, 0.2) is 5.16 Å². The van der Waals surface area contributed by atoms with Crippen molar-refractivity contribution in [1.29, 1.82) is 0 Å². The van der Waals surface area contributed by atoms with Crippen LogP contribution in [-0.4, -0.2) is 31.1 Å². The number of carboxylic acids is 1. The van der Waals surface area contributed by atoms with Crippen molar-refractivity contribution < 1.29 is 9.90 Å². The summed E-state index contributed by atoms with van der Waals surface area (Å²) < 4.78 is 1.77. The number of nitrogens with zero attached hydrogens (tertiary/aromatic N) is 3. The fraction of sp³-hybridized carbons (Fsp3) is 0.182. The van der Waals surface area contributed by atoms with Gasteiger partial charge in [0.2, 0.25) is 0 Å². The van der Waals surface area contributed by atoms with Gasteiger partial charge < -0.3 is 5.11 Å². The van der Waals surface area contributed by atoms with Crippen molar-refractivity contribution in [2.45, 2.75) is 17.3 Å². The summed E-state index contributed by atoms with van der Waals surface area (Å²) in [5.74, 6) is -0.863. The number of carboxylic acid groups (broad SMARTS) is 1. The lowest BCUT2D eigenvalue weighted by Crippen LogP contribution is -2.12. The molecule has 1 N–H and O–H groups in total. The van der Waals surface area contributed by atoms with Crippen molar-refractivity contribution in [3.63, 3.8) is 0 Å². The molecule has 2 rings (SSSR count). The average molecular weight is 249 g/mol. The second kappa shape index (κ2) is 5.01. The van der Waals surface area contributed by atoms with Crippen LogP contribution in [0.1, 0.15) is 6.92 Å². The Balaban J connectivity index is 2.26. The molecule has 1 unspecified atom stereocenters. The topological polar surface area (TPSA) is 68.0 Å². The largest absolute Gasteiger partial charge is 0.480 e. The molecule has 0 saturated carbocycles. The van der Waals surface area contributed by atoms with Crippen LogP contribution in [0.2, 0.25) is 0 Å². The van der Waals surface area contributed by atoms with Crippen LogP contribution in [-0.2, 0) is 4.79 Å². The van der Waals surface area contributed by atoms with E-state index in [-0.39, 0.29) is 0 Å². The van der Waals surface area contributed by atoms with E-state index in [2.05, 4.69) is 10.2 Å². The molecule has 5 nitrogen and oxygen atoms in total. The van der Waals surface area contributed by atoms with Crippen molar-refractivity contribution in [2.24, 2.45) is 0 Å². The van der Waals surface area contributed by atoms with Crippen LogP contribution >= 0.6 is 11.8 Å². The third-order valence-electron chi connectivity index (χ3n) is 2.18. The maximum absolute atomic E-state index is 10.8. The van der Waals surface area contributed by atoms with Crippen LogP contribution in [0.15, 0.2) is 41.8 Å². The normalized spacial score (nSPS) is 12.3. The number of aliphatic carboxylic acids is 1. The molecule has 1 atom stereocenters. The molecule has 88 valence electrons. The lowest BCUT2D eigenvalue weighted by atomic mass is 10.3. The van der Waals surface area contributed by atoms with Crippen LogP contribution in [0.25, 0.3) is 5.69 Å². The average Bonchev–Trinajstić information content (AvgIpc) is 2.78. The third kappa shape index (κ3) is 2.65. The van der Waals surface area contributed by atoms with Gasteiger partial charge in [0.25, 0.3) is 0 Å². The van der Waals surface area contributed by atoms with Crippen molar-refractivity contribution in [3.8, 4) is 5.69 Å². The standard InChI is InChI=1S/C11H11N3O2S/c1-8(10(15)16)17-11-13-12-7-14(11)9-5-3-2-4-6-9/h2-8H,1H3,(H,15,16). The SMILES string of the molecule is CC(Sc1nncn1-c1ccccc1)C(=O)O. The van der Waals surface area contributed by atoms with Gasteiger partial charge in [-0.05, 0) is 19.1 Å². The molecule has 1 aromatic heterocycles. The van der Waals surface area contributed by atoms with E-state index in [9.17, 15) is 4.79 Å². The van der Waals surface area contributed by atoms with Gasteiger partial charge in [-0.2, -0.15) is 0 Å². The molecule has 0 amide bonds. The van der Waals surface area contributed by atoms with Gasteiger partial charge in [-0.15, -0.1) is 10.2 Å². The van der Waals surface area contributed by atoms with E-state index in [1.54, 1.807) is 17.8 Å². The molecule has 0 saturated heterocycles. The van der Waals surface area contributed by atoms with E-state index in [1.807, 2.05) is 30.3 Å². The number of para-hydroxylation sites is 1. The molecule has 0 bridgehead atoms. The summed E-state index contributed by atoms with van der Waals surface area (Å²) in [5.41, 5.74) is 0.914. The molecule has 0 aliphatic heterocycles. The quantitative estimate of drug-likeness (QED) is 0.837. The molecular weight excluding hydrogens is 238 g/mol. The summed E-state index contributed by atoms with van der Waals surface area (Å²) in [4.78, 5) is 10.8. The molecule has 6 heteroatoms. The Morgan fingerprint density at radius 1 is 1.41 bits per heavy atom. The number of aromatic nitrogens is 3. The maximum Gasteiger partial charge on any atom is 0.316 e. The minimum Gasteiger partial charge on any atom is -0.480 e. The first kappa shape index (κ1) is 11.7. The Morgan fingerprint density at radius 2 is 2.12 bits per heavy atom. The van der Waals surface area contributed by atoms with Crippen molar-refractivity contribution in [1.82, 2.24) is 14.8 Å². The van der Waals surface area contributed by atoms with E-state index in [0.29, 0.717) is 5.16 Å². The second-order valence-electron chi connectivity index (χ2n) is 3.42. The molecule has 1 aromatic carbocycles.